The highest BCUT2D eigenvalue weighted by Gasteiger charge is 2.20. The summed E-state index contributed by atoms with van der Waals surface area (Å²) in [7, 11) is 3.37. The van der Waals surface area contributed by atoms with E-state index in [0.717, 1.165) is 0 Å². The Morgan fingerprint density at radius 1 is 1.35 bits per heavy atom. The standard InChI is InChI=1S/C15H32N4O3.HI/c1-8-19(14(20)22-15(3,4)5)10-9-17-13(16-6)18-12(2)11-21-7;/h12H,8-11H2,1-7H3,(H2,16,17,18);1H. The van der Waals surface area contributed by atoms with Crippen LogP contribution in [0.4, 0.5) is 4.79 Å². The van der Waals surface area contributed by atoms with Crippen LogP contribution in [0.25, 0.3) is 0 Å². The van der Waals surface area contributed by atoms with Gasteiger partial charge in [-0.15, -0.1) is 24.0 Å². The number of likely N-dealkylation sites (N-methyl/N-ethyl adjacent to an activating group) is 1. The highest BCUT2D eigenvalue weighted by Crippen LogP contribution is 2.09. The largest absolute Gasteiger partial charge is 0.444 e. The zero-order chi connectivity index (χ0) is 17.2. The average Bonchev–Trinajstić information content (AvgIpc) is 2.40. The molecule has 8 heteroatoms. The van der Waals surface area contributed by atoms with Crippen molar-refractivity contribution in [3.05, 3.63) is 0 Å². The van der Waals surface area contributed by atoms with Gasteiger partial charge in [0.1, 0.15) is 5.60 Å². The predicted molar refractivity (Wildman–Crippen MR) is 105 cm³/mol. The fourth-order valence-electron chi connectivity index (χ4n) is 1.73. The molecule has 0 aliphatic carbocycles. The van der Waals surface area contributed by atoms with Gasteiger partial charge >= 0.3 is 6.09 Å². The van der Waals surface area contributed by atoms with E-state index >= 15 is 0 Å². The second-order valence-electron chi connectivity index (χ2n) is 6.06. The Labute approximate surface area is 157 Å². The highest BCUT2D eigenvalue weighted by molar-refractivity contribution is 14.0. The van der Waals surface area contributed by atoms with E-state index in [4.69, 9.17) is 9.47 Å². The lowest BCUT2D eigenvalue weighted by Gasteiger charge is -2.27. The summed E-state index contributed by atoms with van der Waals surface area (Å²) in [5.74, 6) is 0.685. The lowest BCUT2D eigenvalue weighted by molar-refractivity contribution is 0.0264. The smallest absolute Gasteiger partial charge is 0.410 e. The van der Waals surface area contributed by atoms with Gasteiger partial charge in [-0.1, -0.05) is 0 Å². The molecule has 0 saturated carbocycles. The second-order valence-corrected chi connectivity index (χ2v) is 6.06. The van der Waals surface area contributed by atoms with Crippen LogP contribution >= 0.6 is 24.0 Å². The van der Waals surface area contributed by atoms with Crippen molar-refractivity contribution in [1.29, 1.82) is 0 Å². The third-order valence-corrected chi connectivity index (χ3v) is 2.73. The first-order valence-electron chi connectivity index (χ1n) is 7.67. The molecule has 138 valence electrons. The molecule has 0 aliphatic rings. The topological polar surface area (TPSA) is 75.2 Å². The SMILES string of the molecule is CCN(CCNC(=NC)NC(C)COC)C(=O)OC(C)(C)C.I. The quantitative estimate of drug-likeness (QED) is 0.357. The van der Waals surface area contributed by atoms with Crippen molar-refractivity contribution in [2.75, 3.05) is 40.4 Å². The van der Waals surface area contributed by atoms with Crippen LogP contribution in [0, 0.1) is 0 Å². The Kier molecular flexibility index (Phi) is 13.4. The lowest BCUT2D eigenvalue weighted by atomic mass is 10.2. The summed E-state index contributed by atoms with van der Waals surface area (Å²) in [5, 5.41) is 6.38. The number of aliphatic imine (C=N–C) groups is 1. The highest BCUT2D eigenvalue weighted by atomic mass is 127. The molecule has 0 bridgehead atoms. The van der Waals surface area contributed by atoms with Gasteiger partial charge in [0.2, 0.25) is 0 Å². The number of rotatable bonds is 7. The number of hydrogen-bond donors (Lipinski definition) is 2. The predicted octanol–water partition coefficient (Wildman–Crippen LogP) is 2.06. The van der Waals surface area contributed by atoms with Gasteiger partial charge in [0.05, 0.1) is 6.61 Å². The molecule has 23 heavy (non-hydrogen) atoms. The molecular weight excluding hydrogens is 411 g/mol. The Balaban J connectivity index is 0. The molecule has 0 saturated heterocycles. The van der Waals surface area contributed by atoms with E-state index in [-0.39, 0.29) is 36.1 Å². The Morgan fingerprint density at radius 2 is 1.96 bits per heavy atom. The van der Waals surface area contributed by atoms with Crippen molar-refractivity contribution >= 4 is 36.0 Å². The van der Waals surface area contributed by atoms with Crippen molar-refractivity contribution < 1.29 is 14.3 Å². The van der Waals surface area contributed by atoms with Crippen molar-refractivity contribution in [2.24, 2.45) is 4.99 Å². The molecule has 0 spiro atoms. The Hall–Kier alpha value is -0.770. The van der Waals surface area contributed by atoms with Crippen molar-refractivity contribution in [3.63, 3.8) is 0 Å². The molecule has 0 radical (unpaired) electrons. The minimum absolute atomic E-state index is 0. The van der Waals surface area contributed by atoms with E-state index in [2.05, 4.69) is 15.6 Å². The van der Waals surface area contributed by atoms with Gasteiger partial charge in [-0.25, -0.2) is 4.79 Å². The third kappa shape index (κ3) is 12.3. The van der Waals surface area contributed by atoms with E-state index < -0.39 is 5.60 Å². The lowest BCUT2D eigenvalue weighted by Crippen LogP contribution is -2.47. The van der Waals surface area contributed by atoms with E-state index in [1.54, 1.807) is 19.1 Å². The van der Waals surface area contributed by atoms with Gasteiger partial charge in [-0.2, -0.15) is 0 Å². The van der Waals surface area contributed by atoms with E-state index in [9.17, 15) is 4.79 Å². The average molecular weight is 444 g/mol. The van der Waals surface area contributed by atoms with Crippen LogP contribution in [0.2, 0.25) is 0 Å². The molecule has 2 N–H and O–H groups in total. The van der Waals surface area contributed by atoms with Gasteiger partial charge in [0.25, 0.3) is 0 Å². The normalized spacial score (nSPS) is 12.9. The molecule has 0 aromatic heterocycles. The molecule has 0 aromatic carbocycles. The van der Waals surface area contributed by atoms with Crippen LogP contribution in [-0.4, -0.2) is 69.0 Å². The van der Waals surface area contributed by atoms with Crippen molar-refractivity contribution in [2.45, 2.75) is 46.3 Å². The van der Waals surface area contributed by atoms with Gasteiger partial charge in [0, 0.05) is 39.8 Å². The van der Waals surface area contributed by atoms with E-state index in [0.29, 0.717) is 32.2 Å². The maximum Gasteiger partial charge on any atom is 0.410 e. The first-order chi connectivity index (χ1) is 10.2. The Bertz CT molecular complexity index is 359. The van der Waals surface area contributed by atoms with Crippen LogP contribution in [0.15, 0.2) is 4.99 Å². The maximum atomic E-state index is 12.0. The zero-order valence-corrected chi connectivity index (χ0v) is 17.8. The zero-order valence-electron chi connectivity index (χ0n) is 15.4. The van der Waals surface area contributed by atoms with Crippen LogP contribution < -0.4 is 10.6 Å². The minimum Gasteiger partial charge on any atom is -0.444 e. The maximum absolute atomic E-state index is 12.0. The van der Waals surface area contributed by atoms with Gasteiger partial charge in [-0.3, -0.25) is 4.99 Å². The number of hydrogen-bond acceptors (Lipinski definition) is 4. The molecule has 0 fully saturated rings. The van der Waals surface area contributed by atoms with Gasteiger partial charge < -0.3 is 25.0 Å². The number of halogens is 1. The number of carbonyl (C=O) groups is 1. The minimum atomic E-state index is -0.481. The second kappa shape index (κ2) is 12.6. The molecule has 0 rings (SSSR count). The number of carbonyl (C=O) groups excluding carboxylic acids is 1. The number of nitrogens with one attached hydrogen (secondary N) is 2. The number of guanidine groups is 1. The molecule has 1 atom stereocenters. The first-order valence-corrected chi connectivity index (χ1v) is 7.67. The van der Waals surface area contributed by atoms with Crippen LogP contribution in [0.1, 0.15) is 34.6 Å². The van der Waals surface area contributed by atoms with Gasteiger partial charge in [0.15, 0.2) is 5.96 Å². The molecule has 0 heterocycles. The van der Waals surface area contributed by atoms with Crippen LogP contribution in [0.3, 0.4) is 0 Å². The summed E-state index contributed by atoms with van der Waals surface area (Å²) in [4.78, 5) is 17.8. The first kappa shape index (κ1) is 24.5. The molecule has 0 aromatic rings. The third-order valence-electron chi connectivity index (χ3n) is 2.73. The molecule has 1 unspecified atom stereocenters. The number of ether oxygens (including phenoxy) is 2. The van der Waals surface area contributed by atoms with Crippen LogP contribution in [0.5, 0.6) is 0 Å². The summed E-state index contributed by atoms with van der Waals surface area (Å²) in [5.41, 5.74) is -0.481. The van der Waals surface area contributed by atoms with Gasteiger partial charge in [-0.05, 0) is 34.6 Å². The summed E-state index contributed by atoms with van der Waals surface area (Å²) in [6, 6.07) is 0.157. The van der Waals surface area contributed by atoms with Crippen molar-refractivity contribution in [1.82, 2.24) is 15.5 Å². The summed E-state index contributed by atoms with van der Waals surface area (Å²) >= 11 is 0. The molecule has 1 amide bonds. The number of methoxy groups -OCH3 is 1. The van der Waals surface area contributed by atoms with E-state index in [1.807, 2.05) is 34.6 Å². The molecule has 0 aliphatic heterocycles. The Morgan fingerprint density at radius 3 is 2.39 bits per heavy atom. The summed E-state index contributed by atoms with van der Waals surface area (Å²) in [6.07, 6.45) is -0.299. The molecule has 7 nitrogen and oxygen atoms in total. The van der Waals surface area contributed by atoms with Crippen LogP contribution in [-0.2, 0) is 9.47 Å². The fraction of sp³-hybridized carbons (Fsp3) is 0.867. The number of amides is 1. The summed E-state index contributed by atoms with van der Waals surface area (Å²) in [6.45, 7) is 11.9. The van der Waals surface area contributed by atoms with E-state index in [1.165, 1.54) is 0 Å². The monoisotopic (exact) mass is 444 g/mol. The van der Waals surface area contributed by atoms with Crippen molar-refractivity contribution in [3.8, 4) is 0 Å². The molecular formula is C15H33IN4O3. The summed E-state index contributed by atoms with van der Waals surface area (Å²) < 4.78 is 10.4. The number of nitrogens with zero attached hydrogens (tertiary/aromatic N) is 2. The fourth-order valence-corrected chi connectivity index (χ4v) is 1.73.